The van der Waals surface area contributed by atoms with Crippen LogP contribution in [-0.4, -0.2) is 10.9 Å². The highest BCUT2D eigenvalue weighted by Crippen LogP contribution is 2.18. The van der Waals surface area contributed by atoms with E-state index in [4.69, 9.17) is 0 Å². The number of benzene rings is 2. The van der Waals surface area contributed by atoms with Crippen molar-refractivity contribution in [1.82, 2.24) is 10.3 Å². The molecule has 3 nitrogen and oxygen atoms in total. The predicted molar refractivity (Wildman–Crippen MR) is 91.0 cm³/mol. The molecule has 1 aromatic heterocycles. The number of nitrogens with one attached hydrogen (secondary N) is 1. The molecule has 0 aliphatic heterocycles. The zero-order chi connectivity index (χ0) is 15.9. The van der Waals surface area contributed by atoms with Crippen LogP contribution in [0.2, 0.25) is 0 Å². The predicted octanol–water partition coefficient (Wildman–Crippen LogP) is 3.80. The highest BCUT2D eigenvalue weighted by molar-refractivity contribution is 5.92. The standard InChI is InChI=1S/C20H18N2O/c23-20(18-13-7-8-14-21-18)22-19(17-11-5-2-6-12-17)15-16-9-3-1-4-10-16/h1-14,19H,15H2,(H,22,23)/t19-/m1/s1. The first-order valence-corrected chi connectivity index (χ1v) is 7.64. The molecule has 23 heavy (non-hydrogen) atoms. The fourth-order valence-electron chi connectivity index (χ4n) is 2.52. The fraction of sp³-hybridized carbons (Fsp3) is 0.100. The summed E-state index contributed by atoms with van der Waals surface area (Å²) in [4.78, 5) is 16.6. The lowest BCUT2D eigenvalue weighted by atomic mass is 9.98. The number of hydrogen-bond acceptors (Lipinski definition) is 2. The third-order valence-electron chi connectivity index (χ3n) is 3.69. The van der Waals surface area contributed by atoms with E-state index in [1.54, 1.807) is 18.3 Å². The molecular formula is C20H18N2O. The van der Waals surface area contributed by atoms with Crippen molar-refractivity contribution in [3.05, 3.63) is 102 Å². The van der Waals surface area contributed by atoms with E-state index in [-0.39, 0.29) is 11.9 Å². The average molecular weight is 302 g/mol. The van der Waals surface area contributed by atoms with Gasteiger partial charge in [-0.2, -0.15) is 0 Å². The lowest BCUT2D eigenvalue weighted by Crippen LogP contribution is -2.30. The number of hydrogen-bond donors (Lipinski definition) is 1. The van der Waals surface area contributed by atoms with Crippen LogP contribution in [0.15, 0.2) is 85.1 Å². The molecule has 1 N–H and O–H groups in total. The molecule has 0 aliphatic rings. The van der Waals surface area contributed by atoms with Crippen LogP contribution in [0.25, 0.3) is 0 Å². The van der Waals surface area contributed by atoms with Crippen LogP contribution in [0.1, 0.15) is 27.7 Å². The summed E-state index contributed by atoms with van der Waals surface area (Å²) in [6.07, 6.45) is 2.37. The zero-order valence-electron chi connectivity index (χ0n) is 12.7. The Morgan fingerprint density at radius 3 is 2.17 bits per heavy atom. The number of aromatic nitrogens is 1. The SMILES string of the molecule is O=C(N[C@H](Cc1ccccc1)c1ccccc1)c1ccccn1. The van der Waals surface area contributed by atoms with E-state index in [1.807, 2.05) is 54.6 Å². The number of pyridine rings is 1. The minimum atomic E-state index is -0.157. The lowest BCUT2D eigenvalue weighted by Gasteiger charge is -2.19. The molecule has 3 heteroatoms. The largest absolute Gasteiger partial charge is 0.344 e. The Bertz CT molecular complexity index is 742. The third-order valence-corrected chi connectivity index (χ3v) is 3.69. The molecule has 0 bridgehead atoms. The van der Waals surface area contributed by atoms with Crippen molar-refractivity contribution in [2.24, 2.45) is 0 Å². The van der Waals surface area contributed by atoms with E-state index in [1.165, 1.54) is 5.56 Å². The Labute approximate surface area is 136 Å². The zero-order valence-corrected chi connectivity index (χ0v) is 12.7. The van der Waals surface area contributed by atoms with Gasteiger partial charge in [-0.15, -0.1) is 0 Å². The van der Waals surface area contributed by atoms with Gasteiger partial charge in [-0.25, -0.2) is 0 Å². The van der Waals surface area contributed by atoms with Gasteiger partial charge in [0, 0.05) is 6.20 Å². The first kappa shape index (κ1) is 15.0. The molecular weight excluding hydrogens is 284 g/mol. The van der Waals surface area contributed by atoms with Crippen LogP contribution < -0.4 is 5.32 Å². The minimum absolute atomic E-state index is 0.0897. The van der Waals surface area contributed by atoms with Crippen molar-refractivity contribution in [3.8, 4) is 0 Å². The van der Waals surface area contributed by atoms with Gasteiger partial charge >= 0.3 is 0 Å². The smallest absolute Gasteiger partial charge is 0.270 e. The maximum atomic E-state index is 12.4. The van der Waals surface area contributed by atoms with Gasteiger partial charge in [0.05, 0.1) is 6.04 Å². The quantitative estimate of drug-likeness (QED) is 0.779. The number of amides is 1. The number of nitrogens with zero attached hydrogens (tertiary/aromatic N) is 1. The lowest BCUT2D eigenvalue weighted by molar-refractivity contribution is 0.0931. The highest BCUT2D eigenvalue weighted by atomic mass is 16.1. The van der Waals surface area contributed by atoms with Gasteiger partial charge in [0.1, 0.15) is 5.69 Å². The van der Waals surface area contributed by atoms with Gasteiger partial charge in [-0.1, -0.05) is 66.7 Å². The molecule has 2 aromatic carbocycles. The average Bonchev–Trinajstić information content (AvgIpc) is 2.63. The van der Waals surface area contributed by atoms with Crippen molar-refractivity contribution < 1.29 is 4.79 Å². The molecule has 3 aromatic rings. The maximum absolute atomic E-state index is 12.4. The second-order valence-corrected chi connectivity index (χ2v) is 5.34. The highest BCUT2D eigenvalue weighted by Gasteiger charge is 2.16. The summed E-state index contributed by atoms with van der Waals surface area (Å²) in [5, 5.41) is 3.10. The van der Waals surface area contributed by atoms with Gasteiger partial charge < -0.3 is 5.32 Å². The second kappa shape index (κ2) is 7.36. The van der Waals surface area contributed by atoms with Crippen LogP contribution in [0.4, 0.5) is 0 Å². The summed E-state index contributed by atoms with van der Waals surface area (Å²) in [7, 11) is 0. The molecule has 1 heterocycles. The van der Waals surface area contributed by atoms with Crippen molar-refractivity contribution in [1.29, 1.82) is 0 Å². The van der Waals surface area contributed by atoms with Crippen LogP contribution in [0.5, 0.6) is 0 Å². The number of carbonyl (C=O) groups excluding carboxylic acids is 1. The molecule has 0 unspecified atom stereocenters. The Morgan fingerprint density at radius 1 is 0.870 bits per heavy atom. The van der Waals surface area contributed by atoms with Gasteiger partial charge in [-0.05, 0) is 29.7 Å². The van der Waals surface area contributed by atoms with Crippen LogP contribution in [0, 0.1) is 0 Å². The Kier molecular flexibility index (Phi) is 4.79. The summed E-state index contributed by atoms with van der Waals surface area (Å²) in [6.45, 7) is 0. The summed E-state index contributed by atoms with van der Waals surface area (Å²) >= 11 is 0. The van der Waals surface area contributed by atoms with Gasteiger partial charge in [0.25, 0.3) is 5.91 Å². The van der Waals surface area contributed by atoms with Crippen molar-refractivity contribution in [3.63, 3.8) is 0 Å². The van der Waals surface area contributed by atoms with Gasteiger partial charge in [0.2, 0.25) is 0 Å². The minimum Gasteiger partial charge on any atom is -0.344 e. The molecule has 3 rings (SSSR count). The summed E-state index contributed by atoms with van der Waals surface area (Å²) < 4.78 is 0. The number of rotatable bonds is 5. The topological polar surface area (TPSA) is 42.0 Å². The summed E-state index contributed by atoms with van der Waals surface area (Å²) in [5.74, 6) is -0.157. The molecule has 0 fully saturated rings. The molecule has 0 saturated heterocycles. The summed E-state index contributed by atoms with van der Waals surface area (Å²) in [6, 6.07) is 25.4. The first-order valence-electron chi connectivity index (χ1n) is 7.64. The molecule has 1 amide bonds. The monoisotopic (exact) mass is 302 g/mol. The van der Waals surface area contributed by atoms with Crippen molar-refractivity contribution >= 4 is 5.91 Å². The van der Waals surface area contributed by atoms with E-state index in [9.17, 15) is 4.79 Å². The van der Waals surface area contributed by atoms with E-state index in [0.29, 0.717) is 5.69 Å². The van der Waals surface area contributed by atoms with Crippen LogP contribution >= 0.6 is 0 Å². The maximum Gasteiger partial charge on any atom is 0.270 e. The molecule has 114 valence electrons. The van der Waals surface area contributed by atoms with Gasteiger partial charge in [-0.3, -0.25) is 9.78 Å². The van der Waals surface area contributed by atoms with Crippen LogP contribution in [0.3, 0.4) is 0 Å². The summed E-state index contributed by atoms with van der Waals surface area (Å²) in [5.41, 5.74) is 2.70. The fourth-order valence-corrected chi connectivity index (χ4v) is 2.52. The van der Waals surface area contributed by atoms with Crippen LogP contribution in [-0.2, 0) is 6.42 Å². The Hall–Kier alpha value is -2.94. The van der Waals surface area contributed by atoms with E-state index in [0.717, 1.165) is 12.0 Å². The number of carbonyl (C=O) groups is 1. The molecule has 0 saturated carbocycles. The molecule has 0 aliphatic carbocycles. The Morgan fingerprint density at radius 2 is 1.52 bits per heavy atom. The third kappa shape index (κ3) is 4.04. The van der Waals surface area contributed by atoms with Gasteiger partial charge in [0.15, 0.2) is 0 Å². The first-order chi connectivity index (χ1) is 11.3. The normalized spacial score (nSPS) is 11.7. The molecule has 0 radical (unpaired) electrons. The van der Waals surface area contributed by atoms with E-state index >= 15 is 0 Å². The molecule has 0 spiro atoms. The molecule has 1 atom stereocenters. The van der Waals surface area contributed by atoms with Crippen molar-refractivity contribution in [2.45, 2.75) is 12.5 Å². The van der Waals surface area contributed by atoms with E-state index < -0.39 is 0 Å². The van der Waals surface area contributed by atoms with E-state index in [2.05, 4.69) is 22.4 Å². The Balaban J connectivity index is 1.82. The second-order valence-electron chi connectivity index (χ2n) is 5.34. The van der Waals surface area contributed by atoms with Crippen molar-refractivity contribution in [2.75, 3.05) is 0 Å².